The van der Waals surface area contributed by atoms with Crippen LogP contribution in [0.4, 0.5) is 0 Å². The summed E-state index contributed by atoms with van der Waals surface area (Å²) in [5, 5.41) is 5.34. The molecule has 2 N–H and O–H groups in total. The Labute approximate surface area is 149 Å². The van der Waals surface area contributed by atoms with Gasteiger partial charge in [-0.15, -0.1) is 0 Å². The maximum Gasteiger partial charge on any atom is 0.321 e. The minimum Gasteiger partial charge on any atom is -0.469 e. The van der Waals surface area contributed by atoms with Gasteiger partial charge in [0.25, 0.3) is 5.56 Å². The number of H-pyrrole nitrogens is 2. The Hall–Kier alpha value is -3.42. The molecule has 0 saturated carbocycles. The third kappa shape index (κ3) is 3.80. The Morgan fingerprint density at radius 3 is 2.62 bits per heavy atom. The van der Waals surface area contributed by atoms with Crippen LogP contribution in [0.2, 0.25) is 0 Å². The Bertz CT molecular complexity index is 949. The normalized spacial score (nSPS) is 11.8. The van der Waals surface area contributed by atoms with Crippen molar-refractivity contribution < 1.29 is 14.3 Å². The van der Waals surface area contributed by atoms with E-state index in [4.69, 9.17) is 9.47 Å². The van der Waals surface area contributed by atoms with Gasteiger partial charge in [-0.05, 0) is 30.7 Å². The SMILES string of the molecule is COC(=O)C[C@@H](c1cccc(Oc2ncccn2)c1)c1c(C)[nH][nH]c1=O. The monoisotopic (exact) mass is 354 g/mol. The van der Waals surface area contributed by atoms with Gasteiger partial charge in [-0.1, -0.05) is 12.1 Å². The first kappa shape index (κ1) is 17.4. The van der Waals surface area contributed by atoms with Gasteiger partial charge in [-0.3, -0.25) is 14.7 Å². The Morgan fingerprint density at radius 2 is 1.96 bits per heavy atom. The number of nitrogens with one attached hydrogen (secondary N) is 2. The summed E-state index contributed by atoms with van der Waals surface area (Å²) < 4.78 is 10.4. The molecule has 1 atom stereocenters. The molecule has 26 heavy (non-hydrogen) atoms. The molecule has 0 spiro atoms. The minimum atomic E-state index is -0.474. The quantitative estimate of drug-likeness (QED) is 0.657. The molecule has 0 saturated heterocycles. The second-order valence-electron chi connectivity index (χ2n) is 5.66. The number of hydrogen-bond donors (Lipinski definition) is 2. The number of carbonyl (C=O) groups is 1. The van der Waals surface area contributed by atoms with Gasteiger partial charge in [-0.25, -0.2) is 9.97 Å². The van der Waals surface area contributed by atoms with E-state index in [0.717, 1.165) is 5.56 Å². The highest BCUT2D eigenvalue weighted by Crippen LogP contribution is 2.31. The molecule has 0 fully saturated rings. The molecule has 3 aromatic rings. The van der Waals surface area contributed by atoms with Crippen LogP contribution in [0, 0.1) is 6.92 Å². The zero-order valence-corrected chi connectivity index (χ0v) is 14.4. The fourth-order valence-electron chi connectivity index (χ4n) is 2.75. The van der Waals surface area contributed by atoms with E-state index < -0.39 is 11.9 Å². The number of hydrogen-bond acceptors (Lipinski definition) is 6. The van der Waals surface area contributed by atoms with E-state index in [1.807, 2.05) is 6.07 Å². The lowest BCUT2D eigenvalue weighted by molar-refractivity contribution is -0.140. The van der Waals surface area contributed by atoms with E-state index in [9.17, 15) is 9.59 Å². The minimum absolute atomic E-state index is 0.0313. The van der Waals surface area contributed by atoms with Gasteiger partial charge in [0.15, 0.2) is 0 Å². The van der Waals surface area contributed by atoms with E-state index in [0.29, 0.717) is 17.0 Å². The number of aryl methyl sites for hydroxylation is 1. The number of rotatable bonds is 6. The predicted octanol–water partition coefficient (Wildman–Crippen LogP) is 2.29. The van der Waals surface area contributed by atoms with Crippen molar-refractivity contribution in [1.29, 1.82) is 0 Å². The van der Waals surface area contributed by atoms with E-state index in [1.54, 1.807) is 43.6 Å². The molecule has 0 aliphatic rings. The number of carbonyl (C=O) groups excluding carboxylic acids is 1. The molecule has 8 nitrogen and oxygen atoms in total. The van der Waals surface area contributed by atoms with Gasteiger partial charge < -0.3 is 14.6 Å². The van der Waals surface area contributed by atoms with Gasteiger partial charge >= 0.3 is 12.0 Å². The molecule has 0 aliphatic heterocycles. The van der Waals surface area contributed by atoms with Gasteiger partial charge in [0, 0.05) is 29.6 Å². The summed E-state index contributed by atoms with van der Waals surface area (Å²) in [6, 6.07) is 9.03. The number of esters is 1. The van der Waals surface area contributed by atoms with E-state index in [2.05, 4.69) is 20.2 Å². The highest BCUT2D eigenvalue weighted by atomic mass is 16.5. The maximum atomic E-state index is 12.2. The first-order valence-corrected chi connectivity index (χ1v) is 7.97. The molecule has 0 radical (unpaired) electrons. The molecule has 2 heterocycles. The average molecular weight is 354 g/mol. The zero-order chi connectivity index (χ0) is 18.5. The standard InChI is InChI=1S/C18H18N4O4/c1-11-16(17(24)22-21-11)14(10-15(23)25-2)12-5-3-6-13(9-12)26-18-19-7-4-8-20-18/h3-9,14H,10H2,1-2H3,(H2,21,22,24)/t14-/m0/s1. The molecule has 1 aromatic carbocycles. The lowest BCUT2D eigenvalue weighted by Crippen LogP contribution is -2.17. The van der Waals surface area contributed by atoms with Crippen molar-refractivity contribution in [2.24, 2.45) is 0 Å². The van der Waals surface area contributed by atoms with Crippen LogP contribution in [0.5, 0.6) is 11.8 Å². The number of ether oxygens (including phenoxy) is 2. The molecular formula is C18H18N4O4. The van der Waals surface area contributed by atoms with E-state index >= 15 is 0 Å². The van der Waals surface area contributed by atoms with Crippen LogP contribution >= 0.6 is 0 Å². The number of benzene rings is 1. The summed E-state index contributed by atoms with van der Waals surface area (Å²) in [7, 11) is 1.32. The van der Waals surface area contributed by atoms with Crippen LogP contribution in [0.1, 0.15) is 29.2 Å². The highest BCUT2D eigenvalue weighted by molar-refractivity contribution is 5.71. The van der Waals surface area contributed by atoms with Crippen LogP contribution < -0.4 is 10.3 Å². The van der Waals surface area contributed by atoms with Gasteiger partial charge in [-0.2, -0.15) is 0 Å². The van der Waals surface area contributed by atoms with Crippen molar-refractivity contribution in [3.63, 3.8) is 0 Å². The summed E-state index contributed by atoms with van der Waals surface area (Å²) >= 11 is 0. The van der Waals surface area contributed by atoms with Gasteiger partial charge in [0.2, 0.25) is 0 Å². The highest BCUT2D eigenvalue weighted by Gasteiger charge is 2.25. The third-order valence-electron chi connectivity index (χ3n) is 3.97. The van der Waals surface area contributed by atoms with Crippen LogP contribution in [-0.4, -0.2) is 33.2 Å². The molecule has 3 rings (SSSR count). The average Bonchev–Trinajstić information content (AvgIpc) is 2.99. The molecule has 0 unspecified atom stereocenters. The second kappa shape index (κ2) is 7.64. The predicted molar refractivity (Wildman–Crippen MR) is 93.2 cm³/mol. The van der Waals surface area contributed by atoms with Crippen molar-refractivity contribution in [3.8, 4) is 11.8 Å². The van der Waals surface area contributed by atoms with Crippen LogP contribution in [0.15, 0.2) is 47.5 Å². The summed E-state index contributed by atoms with van der Waals surface area (Å²) in [6.45, 7) is 1.77. The summed E-state index contributed by atoms with van der Waals surface area (Å²) in [6.07, 6.45) is 3.19. The Kier molecular flexibility index (Phi) is 5.12. The van der Waals surface area contributed by atoms with Crippen LogP contribution in [0.25, 0.3) is 0 Å². The largest absolute Gasteiger partial charge is 0.469 e. The van der Waals surface area contributed by atoms with Crippen molar-refractivity contribution in [2.75, 3.05) is 7.11 Å². The summed E-state index contributed by atoms with van der Waals surface area (Å²) in [4.78, 5) is 32.1. The van der Waals surface area contributed by atoms with E-state index in [1.165, 1.54) is 7.11 Å². The smallest absolute Gasteiger partial charge is 0.321 e. The first-order valence-electron chi connectivity index (χ1n) is 7.97. The number of methoxy groups -OCH3 is 1. The third-order valence-corrected chi connectivity index (χ3v) is 3.97. The molecule has 8 heteroatoms. The van der Waals surface area contributed by atoms with Crippen molar-refractivity contribution in [2.45, 2.75) is 19.3 Å². The van der Waals surface area contributed by atoms with Gasteiger partial charge in [0.05, 0.1) is 13.5 Å². The van der Waals surface area contributed by atoms with Crippen molar-refractivity contribution >= 4 is 5.97 Å². The molecule has 134 valence electrons. The molecule has 2 aromatic heterocycles. The second-order valence-corrected chi connectivity index (χ2v) is 5.66. The van der Waals surface area contributed by atoms with Crippen LogP contribution in [0.3, 0.4) is 0 Å². The molecular weight excluding hydrogens is 336 g/mol. The first-order chi connectivity index (χ1) is 12.6. The number of aromatic amines is 2. The Morgan fingerprint density at radius 1 is 1.19 bits per heavy atom. The number of nitrogens with zero attached hydrogens (tertiary/aromatic N) is 2. The number of aromatic nitrogens is 4. The fourth-order valence-corrected chi connectivity index (χ4v) is 2.75. The van der Waals surface area contributed by atoms with Gasteiger partial charge in [0.1, 0.15) is 5.75 Å². The topological polar surface area (TPSA) is 110 Å². The Balaban J connectivity index is 1.97. The summed E-state index contributed by atoms with van der Waals surface area (Å²) in [5.41, 5.74) is 1.64. The molecule has 0 aliphatic carbocycles. The van der Waals surface area contributed by atoms with Crippen molar-refractivity contribution in [1.82, 2.24) is 20.2 Å². The van der Waals surface area contributed by atoms with Crippen molar-refractivity contribution in [3.05, 3.63) is 69.9 Å². The van der Waals surface area contributed by atoms with Crippen LogP contribution in [-0.2, 0) is 9.53 Å². The fraction of sp³-hybridized carbons (Fsp3) is 0.222. The lowest BCUT2D eigenvalue weighted by atomic mass is 9.88. The maximum absolute atomic E-state index is 12.2. The molecule has 0 amide bonds. The summed E-state index contributed by atoms with van der Waals surface area (Å²) in [5.74, 6) is -0.376. The molecule has 0 bridgehead atoms. The van der Waals surface area contributed by atoms with E-state index in [-0.39, 0.29) is 18.0 Å². The zero-order valence-electron chi connectivity index (χ0n) is 14.4. The lowest BCUT2D eigenvalue weighted by Gasteiger charge is -2.16.